The molecule has 0 unspecified atom stereocenters. The quantitative estimate of drug-likeness (QED) is 0.548. The molecule has 1 amide bonds. The molecule has 32 heavy (non-hydrogen) atoms. The van der Waals surface area contributed by atoms with Crippen LogP contribution in [0.4, 0.5) is 0 Å². The summed E-state index contributed by atoms with van der Waals surface area (Å²) in [7, 11) is -1.29. The number of benzene rings is 2. The SMILES string of the molecule is COC(=O)CN(Cc1ccccc1)C(=O)c1ccc(OC)c(S(=O)(=O)N2CCOCC2)c1. The number of methoxy groups -OCH3 is 2. The minimum absolute atomic E-state index is 0.106. The first kappa shape index (κ1) is 23.7. The Morgan fingerprint density at radius 1 is 1.06 bits per heavy atom. The zero-order chi connectivity index (χ0) is 23.1. The molecule has 1 fully saturated rings. The molecule has 1 saturated heterocycles. The largest absolute Gasteiger partial charge is 0.495 e. The molecule has 10 heteroatoms. The predicted molar refractivity (Wildman–Crippen MR) is 116 cm³/mol. The first-order valence-electron chi connectivity index (χ1n) is 10.0. The Morgan fingerprint density at radius 3 is 2.38 bits per heavy atom. The number of carbonyl (C=O) groups excluding carboxylic acids is 2. The van der Waals surface area contributed by atoms with Crippen molar-refractivity contribution in [1.29, 1.82) is 0 Å². The van der Waals surface area contributed by atoms with Crippen molar-refractivity contribution in [2.24, 2.45) is 0 Å². The second-order valence-electron chi connectivity index (χ2n) is 7.11. The van der Waals surface area contributed by atoms with Gasteiger partial charge >= 0.3 is 5.97 Å². The van der Waals surface area contributed by atoms with E-state index in [0.717, 1.165) is 5.56 Å². The summed E-state index contributed by atoms with van der Waals surface area (Å²) in [5, 5.41) is 0. The van der Waals surface area contributed by atoms with Gasteiger partial charge in [-0.1, -0.05) is 30.3 Å². The number of hydrogen-bond donors (Lipinski definition) is 0. The van der Waals surface area contributed by atoms with E-state index >= 15 is 0 Å². The van der Waals surface area contributed by atoms with Gasteiger partial charge in [-0.3, -0.25) is 9.59 Å². The second kappa shape index (κ2) is 10.6. The average Bonchev–Trinajstić information content (AvgIpc) is 2.83. The van der Waals surface area contributed by atoms with Gasteiger partial charge in [-0.2, -0.15) is 4.31 Å². The third-order valence-corrected chi connectivity index (χ3v) is 6.97. The molecule has 0 atom stereocenters. The van der Waals surface area contributed by atoms with E-state index in [2.05, 4.69) is 0 Å². The highest BCUT2D eigenvalue weighted by Crippen LogP contribution is 2.29. The van der Waals surface area contributed by atoms with Crippen molar-refractivity contribution in [2.75, 3.05) is 47.1 Å². The van der Waals surface area contributed by atoms with E-state index in [1.165, 1.54) is 41.6 Å². The van der Waals surface area contributed by atoms with Crippen molar-refractivity contribution in [3.05, 3.63) is 59.7 Å². The Bertz CT molecular complexity index is 1050. The molecule has 1 aliphatic heterocycles. The number of rotatable bonds is 8. The summed E-state index contributed by atoms with van der Waals surface area (Å²) in [4.78, 5) is 26.4. The number of amides is 1. The molecule has 3 rings (SSSR count). The molecule has 1 aliphatic rings. The molecule has 0 aromatic heterocycles. The Morgan fingerprint density at radius 2 is 1.75 bits per heavy atom. The minimum Gasteiger partial charge on any atom is -0.495 e. The van der Waals surface area contributed by atoms with Crippen LogP contribution in [0.5, 0.6) is 5.75 Å². The van der Waals surface area contributed by atoms with Gasteiger partial charge in [-0.25, -0.2) is 8.42 Å². The summed E-state index contributed by atoms with van der Waals surface area (Å²) in [6, 6.07) is 13.4. The number of hydrogen-bond acceptors (Lipinski definition) is 7. The molecule has 9 nitrogen and oxygen atoms in total. The van der Waals surface area contributed by atoms with Crippen LogP contribution in [0.1, 0.15) is 15.9 Å². The second-order valence-corrected chi connectivity index (χ2v) is 9.01. The molecule has 0 radical (unpaired) electrons. The number of carbonyl (C=O) groups is 2. The summed E-state index contributed by atoms with van der Waals surface area (Å²) >= 11 is 0. The zero-order valence-corrected chi connectivity index (χ0v) is 18.8. The van der Waals surface area contributed by atoms with Gasteiger partial charge in [-0.15, -0.1) is 0 Å². The summed E-state index contributed by atoms with van der Waals surface area (Å²) in [6.07, 6.45) is 0. The number of esters is 1. The van der Waals surface area contributed by atoms with E-state index in [9.17, 15) is 18.0 Å². The van der Waals surface area contributed by atoms with Crippen LogP contribution in [0.3, 0.4) is 0 Å². The van der Waals surface area contributed by atoms with E-state index in [1.807, 2.05) is 30.3 Å². The minimum atomic E-state index is -3.91. The highest BCUT2D eigenvalue weighted by molar-refractivity contribution is 7.89. The van der Waals surface area contributed by atoms with Crippen molar-refractivity contribution >= 4 is 21.9 Å². The van der Waals surface area contributed by atoms with Crippen LogP contribution < -0.4 is 4.74 Å². The third-order valence-electron chi connectivity index (χ3n) is 5.05. The van der Waals surface area contributed by atoms with Crippen molar-refractivity contribution in [3.63, 3.8) is 0 Å². The molecule has 1 heterocycles. The molecule has 0 N–H and O–H groups in total. The first-order chi connectivity index (χ1) is 15.4. The van der Waals surface area contributed by atoms with Crippen molar-refractivity contribution < 1.29 is 32.2 Å². The van der Waals surface area contributed by atoms with Gasteiger partial charge in [0, 0.05) is 25.2 Å². The number of nitrogens with zero attached hydrogens (tertiary/aromatic N) is 2. The van der Waals surface area contributed by atoms with Gasteiger partial charge in [0.05, 0.1) is 27.4 Å². The topological polar surface area (TPSA) is 102 Å². The van der Waals surface area contributed by atoms with E-state index in [-0.39, 0.29) is 42.4 Å². The van der Waals surface area contributed by atoms with Gasteiger partial charge in [-0.05, 0) is 23.8 Å². The van der Waals surface area contributed by atoms with Crippen molar-refractivity contribution in [1.82, 2.24) is 9.21 Å². The van der Waals surface area contributed by atoms with E-state index in [0.29, 0.717) is 13.2 Å². The van der Waals surface area contributed by atoms with Crippen LogP contribution in [0.2, 0.25) is 0 Å². The molecule has 0 bridgehead atoms. The Labute approximate surface area is 187 Å². The van der Waals surface area contributed by atoms with Crippen LogP contribution in [0.15, 0.2) is 53.4 Å². The lowest BCUT2D eigenvalue weighted by molar-refractivity contribution is -0.141. The molecule has 0 saturated carbocycles. The lowest BCUT2D eigenvalue weighted by atomic mass is 10.1. The van der Waals surface area contributed by atoms with Crippen LogP contribution in [0.25, 0.3) is 0 Å². The predicted octanol–water partition coefficient (Wildman–Crippen LogP) is 1.53. The van der Waals surface area contributed by atoms with E-state index in [1.54, 1.807) is 0 Å². The third kappa shape index (κ3) is 5.45. The van der Waals surface area contributed by atoms with E-state index < -0.39 is 21.9 Å². The number of sulfonamides is 1. The molecule has 0 aliphatic carbocycles. The van der Waals surface area contributed by atoms with E-state index in [4.69, 9.17) is 14.2 Å². The number of ether oxygens (including phenoxy) is 3. The molecule has 0 spiro atoms. The smallest absolute Gasteiger partial charge is 0.325 e. The van der Waals surface area contributed by atoms with Gasteiger partial charge in [0.2, 0.25) is 10.0 Å². The maximum absolute atomic E-state index is 13.3. The fourth-order valence-electron chi connectivity index (χ4n) is 3.34. The summed E-state index contributed by atoms with van der Waals surface area (Å²) in [6.45, 7) is 0.903. The van der Waals surface area contributed by atoms with Crippen LogP contribution >= 0.6 is 0 Å². The zero-order valence-electron chi connectivity index (χ0n) is 18.0. The lowest BCUT2D eigenvalue weighted by Gasteiger charge is -2.27. The molecular weight excluding hydrogens is 436 g/mol. The maximum atomic E-state index is 13.3. The van der Waals surface area contributed by atoms with Gasteiger partial charge in [0.25, 0.3) is 5.91 Å². The number of morpholine rings is 1. The Kier molecular flexibility index (Phi) is 7.84. The van der Waals surface area contributed by atoms with Crippen LogP contribution in [-0.2, 0) is 30.8 Å². The molecule has 2 aromatic rings. The fraction of sp³-hybridized carbons (Fsp3) is 0.364. The summed E-state index contributed by atoms with van der Waals surface area (Å²) < 4.78 is 43.0. The maximum Gasteiger partial charge on any atom is 0.325 e. The first-order valence-corrected chi connectivity index (χ1v) is 11.5. The highest BCUT2D eigenvalue weighted by atomic mass is 32.2. The Hall–Kier alpha value is -2.95. The van der Waals surface area contributed by atoms with Gasteiger partial charge in [0.1, 0.15) is 17.2 Å². The molecule has 2 aromatic carbocycles. The highest BCUT2D eigenvalue weighted by Gasteiger charge is 2.31. The van der Waals surface area contributed by atoms with Crippen LogP contribution in [-0.4, -0.2) is 76.6 Å². The lowest BCUT2D eigenvalue weighted by Crippen LogP contribution is -2.41. The van der Waals surface area contributed by atoms with Gasteiger partial charge in [0.15, 0.2) is 0 Å². The Balaban J connectivity index is 1.96. The monoisotopic (exact) mass is 462 g/mol. The van der Waals surface area contributed by atoms with Crippen LogP contribution in [0, 0.1) is 0 Å². The molecule has 172 valence electrons. The fourth-order valence-corrected chi connectivity index (χ4v) is 4.93. The summed E-state index contributed by atoms with van der Waals surface area (Å²) in [5.41, 5.74) is 0.942. The van der Waals surface area contributed by atoms with Gasteiger partial charge < -0.3 is 19.1 Å². The molecular formula is C22H26N2O7S. The standard InChI is InChI=1S/C22H26N2O7S/c1-29-19-9-8-18(14-20(19)32(27,28)24-10-12-31-13-11-24)22(26)23(16-21(25)30-2)15-17-6-4-3-5-7-17/h3-9,14H,10-13,15-16H2,1-2H3. The van der Waals surface area contributed by atoms with Crippen molar-refractivity contribution in [2.45, 2.75) is 11.4 Å². The average molecular weight is 463 g/mol. The van der Waals surface area contributed by atoms with Crippen molar-refractivity contribution in [3.8, 4) is 5.75 Å². The normalized spacial score (nSPS) is 14.6. The summed E-state index contributed by atoms with van der Waals surface area (Å²) in [5.74, 6) is -0.945.